The van der Waals surface area contributed by atoms with Gasteiger partial charge in [0.2, 0.25) is 0 Å². The average molecular weight is 1690 g/mol. The molecule has 0 aliphatic rings. The van der Waals surface area contributed by atoms with Crippen LogP contribution in [0, 0.1) is 27.7 Å². The Balaban J connectivity index is 0.0000000945. The van der Waals surface area contributed by atoms with Crippen molar-refractivity contribution in [2.24, 2.45) is 0 Å². The molecule has 132 heavy (non-hydrogen) atoms. The van der Waals surface area contributed by atoms with E-state index in [1.54, 1.807) is 0 Å². The first-order chi connectivity index (χ1) is 65.2. The Morgan fingerprint density at radius 1 is 0.114 bits per heavy atom. The molecule has 28 rings (SSSR count). The van der Waals surface area contributed by atoms with Gasteiger partial charge in [-0.1, -0.05) is 302 Å². The van der Waals surface area contributed by atoms with Crippen molar-refractivity contribution in [3.8, 4) is 45.5 Å². The van der Waals surface area contributed by atoms with Crippen molar-refractivity contribution in [3.05, 3.63) is 483 Å². The molecule has 0 N–H and O–H groups in total. The predicted molar refractivity (Wildman–Crippen MR) is 559 cm³/mol. The van der Waals surface area contributed by atoms with Gasteiger partial charge in [0.15, 0.2) is 0 Å². The summed E-state index contributed by atoms with van der Waals surface area (Å²) in [6.07, 6.45) is 0. The van der Waals surface area contributed by atoms with E-state index in [0.717, 1.165) is 0 Å². The molecule has 0 bridgehead atoms. The van der Waals surface area contributed by atoms with Crippen LogP contribution in [0.25, 0.3) is 220 Å². The van der Waals surface area contributed by atoms with Crippen LogP contribution in [-0.2, 0) is 0 Å². The van der Waals surface area contributed by atoms with E-state index in [4.69, 9.17) is 0 Å². The SMILES string of the molecule is Cc1ccc(-n2c3ccccc3c3c2ccc2c4ccccc4n(-c4ccccc4)c23)cc1.Cc1ccc(-n2c3ccccc3c3ccc4c(c5ccccc5n4-c4ccccc4)c32)cc1.Cc1cccc(-n2c3ccccc3c3c2ccc2c4ccccc4n(-c4ccccc4)c23)c1.Cc1cccc(-n2c3ccccc3c3ccc4c(c5ccccc5n4-c4ccccc4)c32)c1. The summed E-state index contributed by atoms with van der Waals surface area (Å²) in [5.74, 6) is 0. The lowest BCUT2D eigenvalue weighted by molar-refractivity contribution is 1.17. The van der Waals surface area contributed by atoms with Crippen LogP contribution in [0.15, 0.2) is 461 Å². The molecule has 0 aliphatic heterocycles. The highest BCUT2D eigenvalue weighted by Gasteiger charge is 2.27. The largest absolute Gasteiger partial charge is 0.309 e. The van der Waals surface area contributed by atoms with E-state index < -0.39 is 0 Å². The Labute approximate surface area is 762 Å². The summed E-state index contributed by atoms with van der Waals surface area (Å²) in [6.45, 7) is 8.59. The Kier molecular flexibility index (Phi) is 18.3. The van der Waals surface area contributed by atoms with Crippen molar-refractivity contribution < 1.29 is 0 Å². The summed E-state index contributed by atoms with van der Waals surface area (Å²) < 4.78 is 19.3. The van der Waals surface area contributed by atoms with E-state index in [2.05, 4.69) is 525 Å². The lowest BCUT2D eigenvalue weighted by Gasteiger charge is -2.10. The third kappa shape index (κ3) is 12.3. The van der Waals surface area contributed by atoms with Gasteiger partial charge in [-0.3, -0.25) is 0 Å². The first-order valence-corrected chi connectivity index (χ1v) is 45.6. The molecule has 624 valence electrons. The summed E-state index contributed by atoms with van der Waals surface area (Å²) in [6, 6.07) is 166. The molecule has 8 heteroatoms. The Morgan fingerprint density at radius 3 is 0.568 bits per heavy atom. The van der Waals surface area contributed by atoms with Crippen LogP contribution in [0.2, 0.25) is 0 Å². The maximum atomic E-state index is 2.45. The third-order valence-corrected chi connectivity index (χ3v) is 27.0. The summed E-state index contributed by atoms with van der Waals surface area (Å²) >= 11 is 0. The zero-order chi connectivity index (χ0) is 87.8. The van der Waals surface area contributed by atoms with Crippen LogP contribution >= 0.6 is 0 Å². The smallest absolute Gasteiger partial charge is 0.0641 e. The standard InChI is InChI=1S/4C31H22N2/c1-21-10-9-13-23(20-21)32-28-17-8-6-15-26(28)30-29(32)19-18-25-24-14-5-7-16-27(24)33(31(25)30)22-11-3-2-4-12-22;1-21-10-9-13-23(20-21)33-27-16-7-5-14-24(27)25-18-19-29-30(31(25)33)26-15-6-8-17-28(26)32(29)22-11-3-2-4-12-22;1-21-15-17-23(18-16-21)32-28-14-8-6-12-26(28)30-29(32)20-19-25-24-11-5-7-13-27(24)33(31(25)30)22-9-3-2-4-10-22;1-21-15-17-23(18-16-21)33-27-13-7-5-11-24(27)25-19-20-29-30(31(25)33)26-12-6-8-14-28(26)32(29)22-9-3-2-4-10-22/h4*2-20H,1H3. The summed E-state index contributed by atoms with van der Waals surface area (Å²) in [7, 11) is 0. The van der Waals surface area contributed by atoms with E-state index in [9.17, 15) is 0 Å². The highest BCUT2D eigenvalue weighted by atomic mass is 15.1. The molecule has 0 saturated heterocycles. The number of rotatable bonds is 8. The van der Waals surface area contributed by atoms with Gasteiger partial charge >= 0.3 is 0 Å². The van der Waals surface area contributed by atoms with Crippen LogP contribution in [0.1, 0.15) is 22.3 Å². The first kappa shape index (κ1) is 77.2. The van der Waals surface area contributed by atoms with Crippen LogP contribution in [0.4, 0.5) is 0 Å². The fourth-order valence-electron chi connectivity index (χ4n) is 21.4. The summed E-state index contributed by atoms with van der Waals surface area (Å²) in [5, 5.41) is 20.6. The minimum Gasteiger partial charge on any atom is -0.309 e. The molecule has 8 aromatic heterocycles. The van der Waals surface area contributed by atoms with Gasteiger partial charge in [-0.15, -0.1) is 0 Å². The molecule has 8 nitrogen and oxygen atoms in total. The van der Waals surface area contributed by atoms with E-state index in [1.807, 2.05) is 0 Å². The maximum absolute atomic E-state index is 2.45. The molecule has 0 spiro atoms. The molecule has 8 heterocycles. The van der Waals surface area contributed by atoms with Crippen molar-refractivity contribution in [2.75, 3.05) is 0 Å². The molecule has 0 amide bonds. The van der Waals surface area contributed by atoms with Crippen LogP contribution in [-0.4, -0.2) is 36.5 Å². The van der Waals surface area contributed by atoms with Gasteiger partial charge in [-0.25, -0.2) is 0 Å². The Bertz CT molecular complexity index is 9410. The van der Waals surface area contributed by atoms with Gasteiger partial charge in [-0.05, 0) is 209 Å². The molecule has 0 atom stereocenters. The van der Waals surface area contributed by atoms with Crippen molar-refractivity contribution >= 4 is 174 Å². The van der Waals surface area contributed by atoms with Gasteiger partial charge in [0.25, 0.3) is 0 Å². The first-order valence-electron chi connectivity index (χ1n) is 45.6. The second kappa shape index (κ2) is 31.4. The zero-order valence-corrected chi connectivity index (χ0v) is 73.5. The third-order valence-electron chi connectivity index (χ3n) is 27.0. The molecular weight excluding hydrogens is 1600 g/mol. The zero-order valence-electron chi connectivity index (χ0n) is 73.5. The number of fused-ring (bicyclic) bond motifs is 28. The number of nitrogens with zero attached hydrogens (tertiary/aromatic N) is 8. The molecule has 20 aromatic carbocycles. The van der Waals surface area contributed by atoms with Crippen LogP contribution < -0.4 is 0 Å². The van der Waals surface area contributed by atoms with E-state index in [1.165, 1.54) is 242 Å². The molecular formula is C124H88N8. The van der Waals surface area contributed by atoms with E-state index >= 15 is 0 Å². The van der Waals surface area contributed by atoms with Gasteiger partial charge in [0, 0.05) is 132 Å². The number of aryl methyl sites for hydroxylation is 4. The van der Waals surface area contributed by atoms with E-state index in [0.29, 0.717) is 0 Å². The molecule has 28 aromatic rings. The van der Waals surface area contributed by atoms with Gasteiger partial charge in [-0.2, -0.15) is 0 Å². The normalized spacial score (nSPS) is 11.8. The number of benzene rings is 20. The van der Waals surface area contributed by atoms with Crippen molar-refractivity contribution in [2.45, 2.75) is 27.7 Å². The number of para-hydroxylation sites is 12. The van der Waals surface area contributed by atoms with E-state index in [-0.39, 0.29) is 0 Å². The lowest BCUT2D eigenvalue weighted by Crippen LogP contribution is -1.95. The lowest BCUT2D eigenvalue weighted by atomic mass is 10.1. The van der Waals surface area contributed by atoms with Crippen LogP contribution in [0.3, 0.4) is 0 Å². The Hall–Kier alpha value is -17.2. The number of hydrogen-bond donors (Lipinski definition) is 0. The number of aromatic nitrogens is 8. The fraction of sp³-hybridized carbons (Fsp3) is 0.0323. The molecule has 0 aliphatic carbocycles. The van der Waals surface area contributed by atoms with Gasteiger partial charge in [0.05, 0.1) is 88.3 Å². The highest BCUT2D eigenvalue weighted by Crippen LogP contribution is 2.48. The Morgan fingerprint density at radius 2 is 0.303 bits per heavy atom. The molecule has 0 saturated carbocycles. The average Bonchev–Trinajstić information content (AvgIpc) is 1.56. The summed E-state index contributed by atoms with van der Waals surface area (Å²) in [4.78, 5) is 0. The predicted octanol–water partition coefficient (Wildman–Crippen LogP) is 32.8. The minimum absolute atomic E-state index is 1.18. The maximum Gasteiger partial charge on any atom is 0.0641 e. The fourth-order valence-corrected chi connectivity index (χ4v) is 21.4. The van der Waals surface area contributed by atoms with Crippen molar-refractivity contribution in [3.63, 3.8) is 0 Å². The molecule has 0 unspecified atom stereocenters. The molecule has 0 radical (unpaired) electrons. The van der Waals surface area contributed by atoms with Crippen molar-refractivity contribution in [1.29, 1.82) is 0 Å². The van der Waals surface area contributed by atoms with Gasteiger partial charge < -0.3 is 36.5 Å². The highest BCUT2D eigenvalue weighted by molar-refractivity contribution is 6.30. The van der Waals surface area contributed by atoms with Gasteiger partial charge in [0.1, 0.15) is 0 Å². The van der Waals surface area contributed by atoms with Crippen LogP contribution in [0.5, 0.6) is 0 Å². The second-order valence-electron chi connectivity index (χ2n) is 34.9. The number of hydrogen-bond acceptors (Lipinski definition) is 0. The minimum atomic E-state index is 1.18. The topological polar surface area (TPSA) is 39.4 Å². The molecule has 0 fully saturated rings. The quantitative estimate of drug-likeness (QED) is 0.145. The summed E-state index contributed by atoms with van der Waals surface area (Å²) in [5.41, 5.74) is 34.4. The van der Waals surface area contributed by atoms with Crippen molar-refractivity contribution in [1.82, 2.24) is 36.5 Å². The second-order valence-corrected chi connectivity index (χ2v) is 34.9. The monoisotopic (exact) mass is 1690 g/mol.